The maximum absolute atomic E-state index is 4.28. The van der Waals surface area contributed by atoms with Crippen LogP contribution >= 0.6 is 0 Å². The Kier molecular flexibility index (Phi) is 1.39. The van der Waals surface area contributed by atoms with E-state index in [1.807, 2.05) is 24.5 Å². The fourth-order valence-corrected chi connectivity index (χ4v) is 1.16. The molecule has 0 radical (unpaired) electrons. The molecule has 0 aliphatic carbocycles. The highest BCUT2D eigenvalue weighted by atomic mass is 14.9. The summed E-state index contributed by atoms with van der Waals surface area (Å²) in [6, 6.07) is 4.07. The highest BCUT2D eigenvalue weighted by Crippen LogP contribution is 2.03. The van der Waals surface area contributed by atoms with Crippen molar-refractivity contribution < 1.29 is 0 Å². The number of hydrogen-bond acceptors (Lipinski definition) is 1. The van der Waals surface area contributed by atoms with E-state index in [0.29, 0.717) is 0 Å². The largest absolute Gasteiger partial charge is 0.321 e. The second-order valence-electron chi connectivity index (χ2n) is 2.57. The second kappa shape index (κ2) is 2.38. The van der Waals surface area contributed by atoms with Gasteiger partial charge in [0.05, 0.1) is 17.4 Å². The minimum atomic E-state index is 0.994. The molecule has 2 nitrogen and oxygen atoms in total. The topological polar surface area (TPSA) is 17.3 Å². The smallest absolute Gasteiger partial charge is 0.0634 e. The van der Waals surface area contributed by atoms with E-state index in [9.17, 15) is 0 Å². The van der Waals surface area contributed by atoms with Crippen molar-refractivity contribution >= 4 is 5.52 Å². The molecule has 0 atom stereocenters. The first-order valence-corrected chi connectivity index (χ1v) is 3.82. The fourth-order valence-electron chi connectivity index (χ4n) is 1.16. The Hall–Kier alpha value is -1.31. The van der Waals surface area contributed by atoms with Gasteiger partial charge in [0, 0.05) is 12.4 Å². The lowest BCUT2D eigenvalue weighted by Crippen LogP contribution is -1.90. The van der Waals surface area contributed by atoms with Crippen molar-refractivity contribution in [3.8, 4) is 0 Å². The number of fused-ring (bicyclic) bond motifs is 1. The van der Waals surface area contributed by atoms with Crippen LogP contribution in [0, 0.1) is 0 Å². The molecule has 0 saturated heterocycles. The first-order chi connectivity index (χ1) is 5.40. The molecule has 0 spiro atoms. The van der Waals surface area contributed by atoms with Crippen molar-refractivity contribution in [2.75, 3.05) is 0 Å². The van der Waals surface area contributed by atoms with Crippen LogP contribution in [-0.4, -0.2) is 9.38 Å². The minimum Gasteiger partial charge on any atom is -0.321 e. The molecule has 56 valence electrons. The molecule has 2 heterocycles. The lowest BCUT2D eigenvalue weighted by Gasteiger charge is -1.96. The van der Waals surface area contributed by atoms with Gasteiger partial charge in [-0.05, 0) is 18.6 Å². The summed E-state index contributed by atoms with van der Waals surface area (Å²) in [5.41, 5.74) is 2.29. The predicted molar refractivity (Wildman–Crippen MR) is 44.6 cm³/mol. The predicted octanol–water partition coefficient (Wildman–Crippen LogP) is 1.90. The molecule has 0 amide bonds. The molecule has 2 aromatic heterocycles. The van der Waals surface area contributed by atoms with Crippen molar-refractivity contribution in [3.05, 3.63) is 36.4 Å². The van der Waals surface area contributed by atoms with Crippen LogP contribution < -0.4 is 0 Å². The number of nitrogens with zero attached hydrogens (tertiary/aromatic N) is 2. The summed E-state index contributed by atoms with van der Waals surface area (Å²) in [5, 5.41) is 0. The van der Waals surface area contributed by atoms with E-state index < -0.39 is 0 Å². The zero-order valence-corrected chi connectivity index (χ0v) is 6.49. The molecule has 0 aliphatic rings. The van der Waals surface area contributed by atoms with Crippen LogP contribution in [0.25, 0.3) is 5.52 Å². The summed E-state index contributed by atoms with van der Waals surface area (Å²) in [6.45, 7) is 2.11. The molecule has 0 unspecified atom stereocenters. The normalized spacial score (nSPS) is 10.6. The van der Waals surface area contributed by atoms with Gasteiger partial charge in [-0.25, -0.2) is 0 Å². The molecular formula is C9H10N2. The number of rotatable bonds is 1. The monoisotopic (exact) mass is 146 g/mol. The van der Waals surface area contributed by atoms with Crippen molar-refractivity contribution in [2.45, 2.75) is 13.3 Å². The Labute approximate surface area is 65.5 Å². The summed E-state index contributed by atoms with van der Waals surface area (Å²) in [7, 11) is 0. The van der Waals surface area contributed by atoms with E-state index in [4.69, 9.17) is 0 Å². The number of aryl methyl sites for hydroxylation is 1. The van der Waals surface area contributed by atoms with Crippen LogP contribution in [0.15, 0.2) is 30.7 Å². The third kappa shape index (κ3) is 1.00. The molecule has 0 N–H and O–H groups in total. The lowest BCUT2D eigenvalue weighted by molar-refractivity contribution is 0.986. The van der Waals surface area contributed by atoms with Gasteiger partial charge in [0.1, 0.15) is 0 Å². The van der Waals surface area contributed by atoms with Crippen LogP contribution in [-0.2, 0) is 6.42 Å². The first-order valence-electron chi connectivity index (χ1n) is 3.82. The Bertz CT molecular complexity index is 362. The van der Waals surface area contributed by atoms with Gasteiger partial charge in [0.15, 0.2) is 0 Å². The zero-order chi connectivity index (χ0) is 7.68. The molecule has 0 saturated carbocycles. The Morgan fingerprint density at radius 3 is 3.27 bits per heavy atom. The molecule has 0 aromatic carbocycles. The van der Waals surface area contributed by atoms with Crippen LogP contribution in [0.4, 0.5) is 0 Å². The molecule has 0 aliphatic heterocycles. The maximum Gasteiger partial charge on any atom is 0.0634 e. The van der Waals surface area contributed by atoms with Crippen molar-refractivity contribution in [1.29, 1.82) is 0 Å². The maximum atomic E-state index is 4.28. The second-order valence-corrected chi connectivity index (χ2v) is 2.57. The molecule has 2 rings (SSSR count). The van der Waals surface area contributed by atoms with Crippen LogP contribution in [0.5, 0.6) is 0 Å². The van der Waals surface area contributed by atoms with E-state index in [-0.39, 0.29) is 0 Å². The van der Waals surface area contributed by atoms with Gasteiger partial charge < -0.3 is 4.40 Å². The lowest BCUT2D eigenvalue weighted by atomic mass is 10.3. The summed E-state index contributed by atoms with van der Waals surface area (Å²) in [5.74, 6) is 0. The van der Waals surface area contributed by atoms with Gasteiger partial charge in [-0.1, -0.05) is 6.92 Å². The highest BCUT2D eigenvalue weighted by Gasteiger charge is 1.92. The number of hydrogen-bond donors (Lipinski definition) is 0. The Morgan fingerprint density at radius 2 is 2.45 bits per heavy atom. The summed E-state index contributed by atoms with van der Waals surface area (Å²) in [4.78, 5) is 4.28. The Balaban J connectivity index is 2.67. The highest BCUT2D eigenvalue weighted by molar-refractivity contribution is 5.44. The van der Waals surface area contributed by atoms with E-state index >= 15 is 0 Å². The summed E-state index contributed by atoms with van der Waals surface area (Å²) < 4.78 is 2.09. The van der Waals surface area contributed by atoms with Crippen LogP contribution in [0.2, 0.25) is 0 Å². The average molecular weight is 146 g/mol. The minimum absolute atomic E-state index is 0.994. The molecule has 0 fully saturated rings. The van der Waals surface area contributed by atoms with E-state index in [0.717, 1.165) is 17.6 Å². The van der Waals surface area contributed by atoms with Gasteiger partial charge in [-0.3, -0.25) is 4.98 Å². The van der Waals surface area contributed by atoms with E-state index in [2.05, 4.69) is 22.5 Å². The van der Waals surface area contributed by atoms with Crippen LogP contribution in [0.1, 0.15) is 12.6 Å². The quantitative estimate of drug-likeness (QED) is 0.600. The van der Waals surface area contributed by atoms with Crippen molar-refractivity contribution in [3.63, 3.8) is 0 Å². The molecule has 11 heavy (non-hydrogen) atoms. The van der Waals surface area contributed by atoms with Gasteiger partial charge in [0.2, 0.25) is 0 Å². The van der Waals surface area contributed by atoms with E-state index in [1.165, 1.54) is 0 Å². The van der Waals surface area contributed by atoms with Gasteiger partial charge in [-0.2, -0.15) is 0 Å². The summed E-state index contributed by atoms with van der Waals surface area (Å²) in [6.07, 6.45) is 7.00. The zero-order valence-electron chi connectivity index (χ0n) is 6.49. The van der Waals surface area contributed by atoms with E-state index in [1.54, 1.807) is 0 Å². The summed E-state index contributed by atoms with van der Waals surface area (Å²) >= 11 is 0. The van der Waals surface area contributed by atoms with Crippen molar-refractivity contribution in [1.82, 2.24) is 9.38 Å². The van der Waals surface area contributed by atoms with Crippen molar-refractivity contribution in [2.24, 2.45) is 0 Å². The van der Waals surface area contributed by atoms with Crippen LogP contribution in [0.3, 0.4) is 0 Å². The third-order valence-electron chi connectivity index (χ3n) is 1.82. The van der Waals surface area contributed by atoms with Gasteiger partial charge >= 0.3 is 0 Å². The van der Waals surface area contributed by atoms with Gasteiger partial charge in [-0.15, -0.1) is 0 Å². The average Bonchev–Trinajstić information content (AvgIpc) is 2.50. The molecule has 0 bridgehead atoms. The molecular weight excluding hydrogens is 136 g/mol. The Morgan fingerprint density at radius 1 is 1.55 bits per heavy atom. The standard InChI is InChI=1S/C9H10N2/c1-2-8-7-11-5-3-4-9(11)6-10-8/h3-7H,2H2,1H3. The SMILES string of the molecule is CCc1cn2cccc2cn1. The third-order valence-corrected chi connectivity index (χ3v) is 1.82. The number of aromatic nitrogens is 2. The first kappa shape index (κ1) is 6.40. The fraction of sp³-hybridized carbons (Fsp3) is 0.222. The molecule has 2 heteroatoms. The molecule has 2 aromatic rings. The van der Waals surface area contributed by atoms with Gasteiger partial charge in [0.25, 0.3) is 0 Å².